The Hall–Kier alpha value is -3.50. The number of carbonyl (C=O) groups excluding carboxylic acids is 2. The van der Waals surface area contributed by atoms with Crippen molar-refractivity contribution in [3.8, 4) is 11.8 Å². The number of aromatic amines is 1. The third kappa shape index (κ3) is 7.33. The van der Waals surface area contributed by atoms with Crippen LogP contribution in [0.25, 0.3) is 0 Å². The standard InChI is InChI=1S/C28H25Cl3F2N4O4S.C2H3N/c1-3-35-8-5-9-37(27(35)40)19-10-15-13-36(14-16(15)11-20(19)41-2)26(39)23-21(12-22(28(31,32)33)34-25(23)38)42-24-17(29)6-4-7-18(24)30;1-2-3/h4,6-7,10-12H,3,5,8-9,13-14H2,1-2H3,(H,34,38);1H3. The molecule has 238 valence electrons. The summed E-state index contributed by atoms with van der Waals surface area (Å²) < 4.78 is 33.7. The van der Waals surface area contributed by atoms with Crippen LogP contribution in [0.1, 0.15) is 47.4 Å². The molecule has 5 rings (SSSR count). The molecule has 45 heavy (non-hydrogen) atoms. The van der Waals surface area contributed by atoms with Gasteiger partial charge < -0.3 is 19.5 Å². The molecular formula is C30H28Cl3F2N5O4S. The Bertz CT molecular complexity index is 1710. The van der Waals surface area contributed by atoms with Crippen LogP contribution in [0.2, 0.25) is 10.0 Å². The zero-order valence-electron chi connectivity index (χ0n) is 24.4. The van der Waals surface area contributed by atoms with Crippen molar-refractivity contribution in [2.24, 2.45) is 0 Å². The van der Waals surface area contributed by atoms with E-state index in [4.69, 9.17) is 44.8 Å². The number of methoxy groups -OCH3 is 1. The highest BCUT2D eigenvalue weighted by Crippen LogP contribution is 2.42. The van der Waals surface area contributed by atoms with E-state index in [0.29, 0.717) is 31.1 Å². The molecule has 1 fully saturated rings. The molecule has 3 aromatic rings. The van der Waals surface area contributed by atoms with Gasteiger partial charge in [-0.05, 0) is 66.4 Å². The Kier molecular flexibility index (Phi) is 10.9. The summed E-state index contributed by atoms with van der Waals surface area (Å²) in [7, 11) is 1.51. The molecule has 0 bridgehead atoms. The van der Waals surface area contributed by atoms with Gasteiger partial charge in [-0.25, -0.2) is 4.79 Å². The van der Waals surface area contributed by atoms with Crippen LogP contribution in [-0.4, -0.2) is 53.5 Å². The first-order valence-electron chi connectivity index (χ1n) is 13.7. The first-order chi connectivity index (χ1) is 21.3. The number of ether oxygens (including phenoxy) is 1. The molecule has 1 N–H and O–H groups in total. The first-order valence-corrected chi connectivity index (χ1v) is 15.6. The molecule has 3 heterocycles. The van der Waals surface area contributed by atoms with Crippen LogP contribution in [0.5, 0.6) is 5.75 Å². The fourth-order valence-electron chi connectivity index (χ4n) is 5.05. The van der Waals surface area contributed by atoms with Crippen molar-refractivity contribution in [3.05, 3.63) is 79.2 Å². The van der Waals surface area contributed by atoms with E-state index >= 15 is 0 Å². The molecule has 0 spiro atoms. The number of alkyl halides is 3. The molecule has 15 heteroatoms. The minimum atomic E-state index is -3.89. The second-order valence-electron chi connectivity index (χ2n) is 9.95. The average molecular weight is 699 g/mol. The Morgan fingerprint density at radius 1 is 1.13 bits per heavy atom. The van der Waals surface area contributed by atoms with Crippen molar-refractivity contribution in [1.29, 1.82) is 5.26 Å². The topological polar surface area (TPSA) is 110 Å². The summed E-state index contributed by atoms with van der Waals surface area (Å²) in [6.07, 6.45) is 0.792. The lowest BCUT2D eigenvalue weighted by atomic mass is 10.1. The molecule has 1 saturated heterocycles. The van der Waals surface area contributed by atoms with Crippen LogP contribution >= 0.6 is 46.6 Å². The van der Waals surface area contributed by atoms with Crippen LogP contribution in [-0.2, 0) is 18.5 Å². The monoisotopic (exact) mass is 697 g/mol. The molecule has 2 aromatic carbocycles. The lowest BCUT2D eigenvalue weighted by Gasteiger charge is -2.35. The molecule has 9 nitrogen and oxygen atoms in total. The van der Waals surface area contributed by atoms with Crippen molar-refractivity contribution >= 4 is 64.2 Å². The Balaban J connectivity index is 0.00000148. The van der Waals surface area contributed by atoms with E-state index in [1.807, 2.05) is 18.0 Å². The molecule has 0 saturated carbocycles. The number of anilines is 1. The molecule has 1 aromatic heterocycles. The highest BCUT2D eigenvalue weighted by molar-refractivity contribution is 7.99. The van der Waals surface area contributed by atoms with Gasteiger partial charge in [-0.15, -0.1) is 0 Å². The molecule has 2 aliphatic heterocycles. The van der Waals surface area contributed by atoms with Crippen molar-refractivity contribution in [1.82, 2.24) is 14.8 Å². The molecule has 0 atom stereocenters. The molecular weight excluding hydrogens is 671 g/mol. The summed E-state index contributed by atoms with van der Waals surface area (Å²) in [5.74, 6) is -0.209. The summed E-state index contributed by atoms with van der Waals surface area (Å²) in [4.78, 5) is 47.2. The highest BCUT2D eigenvalue weighted by Gasteiger charge is 2.35. The van der Waals surface area contributed by atoms with E-state index in [9.17, 15) is 23.2 Å². The lowest BCUT2D eigenvalue weighted by Crippen LogP contribution is -2.49. The number of urea groups is 1. The van der Waals surface area contributed by atoms with Crippen molar-refractivity contribution in [2.75, 3.05) is 31.6 Å². The van der Waals surface area contributed by atoms with Gasteiger partial charge in [0.2, 0.25) is 0 Å². The van der Waals surface area contributed by atoms with Crippen molar-refractivity contribution in [3.63, 3.8) is 0 Å². The van der Waals surface area contributed by atoms with Crippen LogP contribution in [0, 0.1) is 11.3 Å². The van der Waals surface area contributed by atoms with Gasteiger partial charge >= 0.3 is 11.4 Å². The zero-order chi connectivity index (χ0) is 33.1. The Morgan fingerprint density at radius 2 is 1.76 bits per heavy atom. The normalized spacial score (nSPS) is 14.5. The van der Waals surface area contributed by atoms with Gasteiger partial charge in [0.05, 0.1) is 28.9 Å². The second kappa shape index (κ2) is 14.3. The number of carbonyl (C=O) groups is 2. The molecule has 2 aliphatic rings. The fourth-order valence-corrected chi connectivity index (χ4v) is 6.79. The zero-order valence-corrected chi connectivity index (χ0v) is 27.5. The number of halogens is 5. The number of nitrogens with zero attached hydrogens (tertiary/aromatic N) is 4. The summed E-state index contributed by atoms with van der Waals surface area (Å²) in [6.45, 7) is 5.36. The van der Waals surface area contributed by atoms with E-state index in [2.05, 4.69) is 0 Å². The highest BCUT2D eigenvalue weighted by atomic mass is 35.5. The number of aromatic nitrogens is 1. The first kappa shape index (κ1) is 34.4. The van der Waals surface area contributed by atoms with Crippen LogP contribution < -0.4 is 15.2 Å². The average Bonchev–Trinajstić information content (AvgIpc) is 3.41. The van der Waals surface area contributed by atoms with E-state index in [0.717, 1.165) is 35.4 Å². The fraction of sp³-hybridized carbons (Fsp3) is 0.333. The second-order valence-corrected chi connectivity index (χ2v) is 12.3. The third-order valence-electron chi connectivity index (χ3n) is 7.14. The number of amides is 3. The van der Waals surface area contributed by atoms with Crippen LogP contribution in [0.3, 0.4) is 0 Å². The quantitative estimate of drug-likeness (QED) is 0.257. The number of benzene rings is 2. The molecule has 0 aliphatic carbocycles. The predicted octanol–water partition coefficient (Wildman–Crippen LogP) is 7.47. The van der Waals surface area contributed by atoms with Gasteiger partial charge in [0, 0.05) is 49.4 Å². The SMILES string of the molecule is CC#N.CCN1CCCN(c2cc3c(cc2OC)CN(C(=O)c2c(Sc4c(Cl)cccc4Cl)cc(C(F)(F)Cl)[nH]c2=O)C3)C1=O. The van der Waals surface area contributed by atoms with Crippen molar-refractivity contribution < 1.29 is 23.1 Å². The minimum absolute atomic E-state index is 0.0816. The summed E-state index contributed by atoms with van der Waals surface area (Å²) in [6, 6.07) is 10.9. The molecule has 0 radical (unpaired) electrons. The van der Waals surface area contributed by atoms with E-state index < -0.39 is 22.5 Å². The number of nitrogens with one attached hydrogen (secondary N) is 1. The number of H-pyrrole nitrogens is 1. The van der Waals surface area contributed by atoms with E-state index in [1.165, 1.54) is 18.9 Å². The largest absolute Gasteiger partial charge is 0.495 e. The maximum atomic E-state index is 14.1. The van der Waals surface area contributed by atoms with Gasteiger partial charge in [-0.2, -0.15) is 14.0 Å². The van der Waals surface area contributed by atoms with E-state index in [1.54, 1.807) is 40.1 Å². The van der Waals surface area contributed by atoms with Crippen LogP contribution in [0.15, 0.2) is 51.0 Å². The third-order valence-corrected chi connectivity index (χ3v) is 9.39. The number of pyridine rings is 1. The van der Waals surface area contributed by atoms with E-state index in [-0.39, 0.29) is 44.5 Å². The summed E-state index contributed by atoms with van der Waals surface area (Å²) in [5.41, 5.74) is -0.136. The number of hydrogen-bond acceptors (Lipinski definition) is 6. The van der Waals surface area contributed by atoms with Gasteiger partial charge in [0.1, 0.15) is 17.0 Å². The van der Waals surface area contributed by atoms with Gasteiger partial charge in [0.25, 0.3) is 11.5 Å². The van der Waals surface area contributed by atoms with Crippen LogP contribution in [0.4, 0.5) is 19.3 Å². The number of rotatable bonds is 7. The smallest absolute Gasteiger partial charge is 0.362 e. The van der Waals surface area contributed by atoms with Gasteiger partial charge in [-0.1, -0.05) is 41.0 Å². The Morgan fingerprint density at radius 3 is 2.33 bits per heavy atom. The predicted molar refractivity (Wildman–Crippen MR) is 170 cm³/mol. The summed E-state index contributed by atoms with van der Waals surface area (Å²) >= 11 is 18.6. The summed E-state index contributed by atoms with van der Waals surface area (Å²) in [5, 5.41) is 3.86. The van der Waals surface area contributed by atoms with Gasteiger partial charge in [0.15, 0.2) is 0 Å². The molecule has 3 amide bonds. The Labute approximate surface area is 277 Å². The minimum Gasteiger partial charge on any atom is -0.495 e. The molecule has 0 unspecified atom stereocenters. The maximum Gasteiger partial charge on any atom is 0.362 e. The lowest BCUT2D eigenvalue weighted by molar-refractivity contribution is 0.0740. The number of nitriles is 1. The van der Waals surface area contributed by atoms with Crippen molar-refractivity contribution in [2.45, 2.75) is 48.5 Å². The maximum absolute atomic E-state index is 14.1. The van der Waals surface area contributed by atoms with Gasteiger partial charge in [-0.3, -0.25) is 14.5 Å². The number of hydrogen-bond donors (Lipinski definition) is 1. The number of fused-ring (bicyclic) bond motifs is 1.